The third kappa shape index (κ3) is 2.07. The van der Waals surface area contributed by atoms with Crippen LogP contribution in [0.15, 0.2) is 0 Å². The number of hydrogen-bond donors (Lipinski definition) is 0. The molecule has 0 bridgehead atoms. The van der Waals surface area contributed by atoms with Gasteiger partial charge in [0.05, 0.1) is 21.1 Å². The van der Waals surface area contributed by atoms with Gasteiger partial charge in [0.2, 0.25) is 0 Å². The number of quaternary nitrogens is 1. The van der Waals surface area contributed by atoms with Crippen LogP contribution in [0.5, 0.6) is 0 Å². The molecule has 0 aromatic heterocycles. The Labute approximate surface area is 74.4 Å². The molecule has 0 saturated heterocycles. The predicted octanol–water partition coefficient (Wildman–Crippen LogP) is -2.81. The van der Waals surface area contributed by atoms with Crippen molar-refractivity contribution >= 4 is 10.0 Å². The van der Waals surface area contributed by atoms with Gasteiger partial charge >= 0.3 is 0 Å². The van der Waals surface area contributed by atoms with Gasteiger partial charge in [-0.05, 0) is 12.8 Å². The number of hydrogen-bond acceptors (Lipinski definition) is 2. The first kappa shape index (κ1) is 11.2. The van der Waals surface area contributed by atoms with Crippen molar-refractivity contribution in [2.75, 3.05) is 21.1 Å². The Morgan fingerprint density at radius 2 is 1.55 bits per heavy atom. The fraction of sp³-hybridized carbons (Fsp3) is 1.00. The van der Waals surface area contributed by atoms with Crippen molar-refractivity contribution in [3.8, 4) is 0 Å². The maximum atomic E-state index is 11.4. The van der Waals surface area contributed by atoms with E-state index >= 15 is 0 Å². The van der Waals surface area contributed by atoms with Crippen LogP contribution in [0.1, 0.15) is 12.8 Å². The van der Waals surface area contributed by atoms with Crippen LogP contribution in [-0.2, 0) is 10.0 Å². The van der Waals surface area contributed by atoms with E-state index in [4.69, 9.17) is 0 Å². The largest absolute Gasteiger partial charge is 1.00 e. The molecule has 3 nitrogen and oxygen atoms in total. The lowest BCUT2D eigenvalue weighted by Crippen LogP contribution is -3.00. The zero-order valence-electron chi connectivity index (χ0n) is 7.04. The summed E-state index contributed by atoms with van der Waals surface area (Å²) in [6, 6.07) is 0. The quantitative estimate of drug-likeness (QED) is 0.450. The molecule has 0 aliphatic heterocycles. The molecule has 11 heavy (non-hydrogen) atoms. The summed E-state index contributed by atoms with van der Waals surface area (Å²) in [6.07, 6.45) is 1.72. The second-order valence-electron chi connectivity index (χ2n) is 3.60. The van der Waals surface area contributed by atoms with Crippen molar-refractivity contribution in [1.82, 2.24) is 0 Å². The van der Waals surface area contributed by atoms with E-state index in [2.05, 4.69) is 0 Å². The van der Waals surface area contributed by atoms with Gasteiger partial charge in [-0.15, -0.1) is 0 Å². The Balaban J connectivity index is 0.000001000. The van der Waals surface area contributed by atoms with Gasteiger partial charge in [-0.1, -0.05) is 0 Å². The first-order chi connectivity index (χ1) is 4.36. The molecule has 1 fully saturated rings. The normalized spacial score (nSPS) is 19.2. The molecule has 0 atom stereocenters. The molecule has 0 amide bonds. The van der Waals surface area contributed by atoms with E-state index in [1.165, 1.54) is 0 Å². The third-order valence-corrected chi connectivity index (χ3v) is 4.55. The molecule has 1 saturated carbocycles. The highest BCUT2D eigenvalue weighted by atomic mass is 35.5. The molecule has 1 aliphatic rings. The Morgan fingerprint density at radius 1 is 1.18 bits per heavy atom. The lowest BCUT2D eigenvalue weighted by molar-refractivity contribution is -0.739. The smallest absolute Gasteiger partial charge is 0.299 e. The van der Waals surface area contributed by atoms with Crippen LogP contribution in [0.4, 0.5) is 0 Å². The van der Waals surface area contributed by atoms with E-state index in [0.29, 0.717) is 0 Å². The predicted molar refractivity (Wildman–Crippen MR) is 40.0 cm³/mol. The summed E-state index contributed by atoms with van der Waals surface area (Å²) in [5, 5.41) is -0.0486. The molecule has 0 aromatic rings. The fourth-order valence-electron chi connectivity index (χ4n) is 0.813. The van der Waals surface area contributed by atoms with Gasteiger partial charge in [0.15, 0.2) is 0 Å². The van der Waals surface area contributed by atoms with Crippen molar-refractivity contribution in [3.63, 3.8) is 0 Å². The standard InChI is InChI=1S/C6H14NO2S.ClH/c1-7(2,3)10(8,9)6-4-5-6;/h6H,4-5H2,1-3H3;1H/q+1;/p-1. The Hall–Kier alpha value is 0.200. The minimum atomic E-state index is -2.87. The monoisotopic (exact) mass is 199 g/mol. The fourth-order valence-corrected chi connectivity index (χ4v) is 2.44. The molecule has 0 heterocycles. The van der Waals surface area contributed by atoms with Crippen LogP contribution >= 0.6 is 0 Å². The van der Waals surface area contributed by atoms with Crippen LogP contribution in [-0.4, -0.2) is 38.7 Å². The Kier molecular flexibility index (Phi) is 2.97. The summed E-state index contributed by atoms with van der Waals surface area (Å²) in [5.41, 5.74) is 0. The second-order valence-corrected chi connectivity index (χ2v) is 6.40. The van der Waals surface area contributed by atoms with Gasteiger partial charge < -0.3 is 12.4 Å². The lowest BCUT2D eigenvalue weighted by Gasteiger charge is -2.22. The van der Waals surface area contributed by atoms with Gasteiger partial charge in [0, 0.05) is 0 Å². The topological polar surface area (TPSA) is 34.1 Å². The number of halogens is 1. The molecule has 0 spiro atoms. The average Bonchev–Trinajstić information content (AvgIpc) is 2.38. The Morgan fingerprint density at radius 3 is 1.64 bits per heavy atom. The number of nitrogens with zero attached hydrogens (tertiary/aromatic N) is 1. The van der Waals surface area contributed by atoms with Crippen LogP contribution in [0, 0.1) is 0 Å². The average molecular weight is 200 g/mol. The third-order valence-electron chi connectivity index (χ3n) is 1.71. The summed E-state index contributed by atoms with van der Waals surface area (Å²) in [4.78, 5) is 0. The molecule has 1 aliphatic carbocycles. The van der Waals surface area contributed by atoms with E-state index in [-0.39, 0.29) is 21.5 Å². The SMILES string of the molecule is C[N+](C)(C)S(=O)(=O)C1CC1.[Cl-]. The van der Waals surface area contributed by atoms with Crippen LogP contribution in [0.25, 0.3) is 0 Å². The molecule has 0 unspecified atom stereocenters. The van der Waals surface area contributed by atoms with E-state index in [0.717, 1.165) is 12.8 Å². The number of rotatable bonds is 2. The zero-order valence-corrected chi connectivity index (χ0v) is 8.61. The van der Waals surface area contributed by atoms with Crippen LogP contribution in [0.2, 0.25) is 0 Å². The summed E-state index contributed by atoms with van der Waals surface area (Å²) in [7, 11) is 2.24. The van der Waals surface area contributed by atoms with Gasteiger partial charge in [-0.2, -0.15) is 8.42 Å². The zero-order chi connectivity index (χ0) is 7.99. The van der Waals surface area contributed by atoms with Gasteiger partial charge in [-0.3, -0.25) is 0 Å². The van der Waals surface area contributed by atoms with Crippen LogP contribution < -0.4 is 12.4 Å². The molecule has 68 valence electrons. The molecule has 5 heteroatoms. The molecule has 0 aromatic carbocycles. The highest BCUT2D eigenvalue weighted by Gasteiger charge is 2.44. The molecular weight excluding hydrogens is 186 g/mol. The second kappa shape index (κ2) is 2.92. The van der Waals surface area contributed by atoms with Gasteiger partial charge in [0.25, 0.3) is 10.0 Å². The highest BCUT2D eigenvalue weighted by Crippen LogP contribution is 2.31. The molecule has 0 N–H and O–H groups in total. The molecule has 0 radical (unpaired) electrons. The maximum absolute atomic E-state index is 11.4. The first-order valence-electron chi connectivity index (χ1n) is 3.41. The number of sulfonamides is 1. The van der Waals surface area contributed by atoms with Gasteiger partial charge in [-0.25, -0.2) is 3.89 Å². The molecule has 1 rings (SSSR count). The van der Waals surface area contributed by atoms with Crippen molar-refractivity contribution in [2.45, 2.75) is 18.1 Å². The van der Waals surface area contributed by atoms with Crippen molar-refractivity contribution in [1.29, 1.82) is 0 Å². The lowest BCUT2D eigenvalue weighted by atomic mass is 11.0. The highest BCUT2D eigenvalue weighted by molar-refractivity contribution is 7.86. The maximum Gasteiger partial charge on any atom is 0.299 e. The van der Waals surface area contributed by atoms with Crippen LogP contribution in [0.3, 0.4) is 0 Å². The summed E-state index contributed by atoms with van der Waals surface area (Å²) in [6.45, 7) is 0. The first-order valence-corrected chi connectivity index (χ1v) is 4.91. The summed E-state index contributed by atoms with van der Waals surface area (Å²) < 4.78 is 22.8. The van der Waals surface area contributed by atoms with Crippen molar-refractivity contribution < 1.29 is 24.7 Å². The van der Waals surface area contributed by atoms with E-state index < -0.39 is 10.0 Å². The summed E-state index contributed by atoms with van der Waals surface area (Å²) >= 11 is 0. The van der Waals surface area contributed by atoms with Gasteiger partial charge in [0.1, 0.15) is 5.25 Å². The van der Waals surface area contributed by atoms with E-state index in [1.54, 1.807) is 21.1 Å². The van der Waals surface area contributed by atoms with Crippen molar-refractivity contribution in [3.05, 3.63) is 0 Å². The molecular formula is C6H14ClNO2S. The van der Waals surface area contributed by atoms with Crippen molar-refractivity contribution in [2.24, 2.45) is 0 Å². The Bertz CT molecular complexity index is 225. The van der Waals surface area contributed by atoms with E-state index in [1.807, 2.05) is 0 Å². The summed E-state index contributed by atoms with van der Waals surface area (Å²) in [5.74, 6) is 0. The van der Waals surface area contributed by atoms with E-state index in [9.17, 15) is 8.42 Å². The minimum absolute atomic E-state index is 0. The minimum Gasteiger partial charge on any atom is -1.00 e.